The van der Waals surface area contributed by atoms with Crippen LogP contribution in [-0.4, -0.2) is 17.1 Å². The SMILES string of the molecule is CCCC(C)NC(=O)c1ccc(Br)c(O)c1. The molecule has 1 rings (SSSR count). The quantitative estimate of drug-likeness (QED) is 0.893. The minimum Gasteiger partial charge on any atom is -0.507 e. The van der Waals surface area contributed by atoms with Gasteiger partial charge in [0.1, 0.15) is 5.75 Å². The lowest BCUT2D eigenvalue weighted by molar-refractivity contribution is 0.0938. The summed E-state index contributed by atoms with van der Waals surface area (Å²) < 4.78 is 0.589. The summed E-state index contributed by atoms with van der Waals surface area (Å²) >= 11 is 3.17. The van der Waals surface area contributed by atoms with E-state index < -0.39 is 0 Å². The van der Waals surface area contributed by atoms with E-state index in [1.54, 1.807) is 12.1 Å². The molecule has 3 nitrogen and oxygen atoms in total. The van der Waals surface area contributed by atoms with Crippen molar-refractivity contribution in [2.75, 3.05) is 0 Å². The molecule has 2 N–H and O–H groups in total. The highest BCUT2D eigenvalue weighted by molar-refractivity contribution is 9.10. The van der Waals surface area contributed by atoms with E-state index in [-0.39, 0.29) is 17.7 Å². The van der Waals surface area contributed by atoms with Crippen LogP contribution < -0.4 is 5.32 Å². The van der Waals surface area contributed by atoms with Crippen molar-refractivity contribution < 1.29 is 9.90 Å². The Hall–Kier alpha value is -1.03. The fraction of sp³-hybridized carbons (Fsp3) is 0.417. The minimum atomic E-state index is -0.149. The Kier molecular flexibility index (Phi) is 4.80. The monoisotopic (exact) mass is 285 g/mol. The zero-order valence-corrected chi connectivity index (χ0v) is 11.0. The van der Waals surface area contributed by atoms with Crippen LogP contribution in [-0.2, 0) is 0 Å². The number of hydrogen-bond acceptors (Lipinski definition) is 2. The molecule has 0 spiro atoms. The highest BCUT2D eigenvalue weighted by Crippen LogP contribution is 2.24. The Morgan fingerprint density at radius 2 is 2.25 bits per heavy atom. The number of halogens is 1. The Bertz CT molecular complexity index is 379. The van der Waals surface area contributed by atoms with Gasteiger partial charge in [0.2, 0.25) is 0 Å². The summed E-state index contributed by atoms with van der Waals surface area (Å²) in [7, 11) is 0. The zero-order chi connectivity index (χ0) is 12.1. The van der Waals surface area contributed by atoms with Gasteiger partial charge in [0.05, 0.1) is 4.47 Å². The van der Waals surface area contributed by atoms with Crippen molar-refractivity contribution in [3.63, 3.8) is 0 Å². The Morgan fingerprint density at radius 1 is 1.56 bits per heavy atom. The van der Waals surface area contributed by atoms with Crippen LogP contribution >= 0.6 is 15.9 Å². The van der Waals surface area contributed by atoms with Gasteiger partial charge in [-0.15, -0.1) is 0 Å². The van der Waals surface area contributed by atoms with Crippen molar-refractivity contribution in [1.82, 2.24) is 5.32 Å². The van der Waals surface area contributed by atoms with E-state index in [9.17, 15) is 9.90 Å². The van der Waals surface area contributed by atoms with Crippen LogP contribution in [0.25, 0.3) is 0 Å². The van der Waals surface area contributed by atoms with Crippen LogP contribution in [0.4, 0.5) is 0 Å². The molecule has 4 heteroatoms. The number of benzene rings is 1. The molecule has 1 amide bonds. The predicted molar refractivity (Wildman–Crippen MR) is 67.6 cm³/mol. The summed E-state index contributed by atoms with van der Waals surface area (Å²) in [6.07, 6.45) is 1.99. The molecule has 1 unspecified atom stereocenters. The molecule has 1 aromatic carbocycles. The van der Waals surface area contributed by atoms with E-state index >= 15 is 0 Å². The lowest BCUT2D eigenvalue weighted by atomic mass is 10.1. The molecule has 0 bridgehead atoms. The summed E-state index contributed by atoms with van der Waals surface area (Å²) in [4.78, 5) is 11.8. The van der Waals surface area contributed by atoms with Crippen molar-refractivity contribution >= 4 is 21.8 Å². The number of amides is 1. The van der Waals surface area contributed by atoms with E-state index in [0.29, 0.717) is 10.0 Å². The number of rotatable bonds is 4. The summed E-state index contributed by atoms with van der Waals surface area (Å²) in [5, 5.41) is 12.3. The third-order valence-corrected chi connectivity index (χ3v) is 2.98. The van der Waals surface area contributed by atoms with E-state index in [0.717, 1.165) is 12.8 Å². The Balaban J connectivity index is 2.69. The number of hydrogen-bond donors (Lipinski definition) is 2. The van der Waals surface area contributed by atoms with Crippen LogP contribution in [0.3, 0.4) is 0 Å². The van der Waals surface area contributed by atoms with E-state index in [4.69, 9.17) is 0 Å². The van der Waals surface area contributed by atoms with Crippen LogP contribution in [0, 0.1) is 0 Å². The largest absolute Gasteiger partial charge is 0.507 e. The Labute approximate surface area is 104 Å². The van der Waals surface area contributed by atoms with E-state index in [2.05, 4.69) is 28.2 Å². The number of carbonyl (C=O) groups is 1. The predicted octanol–water partition coefficient (Wildman–Crippen LogP) is 3.07. The third kappa shape index (κ3) is 3.52. The fourth-order valence-corrected chi connectivity index (χ4v) is 1.71. The average Bonchev–Trinajstić information content (AvgIpc) is 2.22. The molecule has 0 aromatic heterocycles. The zero-order valence-electron chi connectivity index (χ0n) is 9.46. The normalized spacial score (nSPS) is 12.2. The van der Waals surface area contributed by atoms with Gasteiger partial charge < -0.3 is 10.4 Å². The van der Waals surface area contributed by atoms with Gasteiger partial charge in [0.15, 0.2) is 0 Å². The third-order valence-electron chi connectivity index (χ3n) is 2.31. The molecule has 16 heavy (non-hydrogen) atoms. The second kappa shape index (κ2) is 5.89. The molecule has 1 aromatic rings. The van der Waals surface area contributed by atoms with E-state index in [1.165, 1.54) is 6.07 Å². The Morgan fingerprint density at radius 3 is 2.81 bits per heavy atom. The molecule has 0 saturated carbocycles. The van der Waals surface area contributed by atoms with Crippen LogP contribution in [0.15, 0.2) is 22.7 Å². The summed E-state index contributed by atoms with van der Waals surface area (Å²) in [6.45, 7) is 4.05. The van der Waals surface area contributed by atoms with Gasteiger partial charge in [-0.25, -0.2) is 0 Å². The molecule has 0 heterocycles. The number of carbonyl (C=O) groups excluding carboxylic acids is 1. The standard InChI is InChI=1S/C12H16BrNO2/c1-3-4-8(2)14-12(16)9-5-6-10(13)11(15)7-9/h5-8,15H,3-4H2,1-2H3,(H,14,16). The molecule has 0 aliphatic heterocycles. The smallest absolute Gasteiger partial charge is 0.251 e. The highest BCUT2D eigenvalue weighted by atomic mass is 79.9. The second-order valence-electron chi connectivity index (χ2n) is 3.83. The molecule has 88 valence electrons. The maximum atomic E-state index is 11.8. The van der Waals surface area contributed by atoms with Crippen molar-refractivity contribution in [1.29, 1.82) is 0 Å². The molecule has 0 radical (unpaired) electrons. The minimum absolute atomic E-state index is 0.0794. The molecule has 0 fully saturated rings. The lowest BCUT2D eigenvalue weighted by Gasteiger charge is -2.12. The fourth-order valence-electron chi connectivity index (χ4n) is 1.47. The lowest BCUT2D eigenvalue weighted by Crippen LogP contribution is -2.32. The molecular weight excluding hydrogens is 270 g/mol. The van der Waals surface area contributed by atoms with Crippen LogP contribution in [0.1, 0.15) is 37.0 Å². The first kappa shape index (κ1) is 13.0. The van der Waals surface area contributed by atoms with Gasteiger partial charge in [-0.3, -0.25) is 4.79 Å². The van der Waals surface area contributed by atoms with Gasteiger partial charge >= 0.3 is 0 Å². The van der Waals surface area contributed by atoms with Gasteiger partial charge in [0, 0.05) is 11.6 Å². The first-order valence-electron chi connectivity index (χ1n) is 5.34. The summed E-state index contributed by atoms with van der Waals surface area (Å²) in [5.74, 6) is -0.0699. The highest BCUT2D eigenvalue weighted by Gasteiger charge is 2.10. The number of nitrogens with one attached hydrogen (secondary N) is 1. The molecule has 1 atom stereocenters. The first-order chi connectivity index (χ1) is 7.54. The second-order valence-corrected chi connectivity index (χ2v) is 4.68. The summed E-state index contributed by atoms with van der Waals surface area (Å²) in [5.41, 5.74) is 0.476. The van der Waals surface area contributed by atoms with Crippen molar-refractivity contribution in [3.05, 3.63) is 28.2 Å². The number of aromatic hydroxyl groups is 1. The number of phenols is 1. The van der Waals surface area contributed by atoms with Crippen molar-refractivity contribution in [2.24, 2.45) is 0 Å². The van der Waals surface area contributed by atoms with Crippen LogP contribution in [0.5, 0.6) is 5.75 Å². The maximum Gasteiger partial charge on any atom is 0.251 e. The van der Waals surface area contributed by atoms with E-state index in [1.807, 2.05) is 6.92 Å². The van der Waals surface area contributed by atoms with Gasteiger partial charge in [0.25, 0.3) is 5.91 Å². The molecule has 0 saturated heterocycles. The van der Waals surface area contributed by atoms with Gasteiger partial charge in [-0.05, 0) is 47.5 Å². The summed E-state index contributed by atoms with van der Waals surface area (Å²) in [6, 6.07) is 4.95. The molecule has 0 aliphatic rings. The molecule has 0 aliphatic carbocycles. The van der Waals surface area contributed by atoms with Gasteiger partial charge in [-0.2, -0.15) is 0 Å². The first-order valence-corrected chi connectivity index (χ1v) is 6.13. The van der Waals surface area contributed by atoms with Gasteiger partial charge in [-0.1, -0.05) is 13.3 Å². The van der Waals surface area contributed by atoms with Crippen molar-refractivity contribution in [3.8, 4) is 5.75 Å². The topological polar surface area (TPSA) is 49.3 Å². The van der Waals surface area contributed by atoms with Crippen LogP contribution in [0.2, 0.25) is 0 Å². The molecular formula is C12H16BrNO2. The number of phenolic OH excluding ortho intramolecular Hbond substituents is 1. The average molecular weight is 286 g/mol. The maximum absolute atomic E-state index is 11.8. The van der Waals surface area contributed by atoms with Crippen molar-refractivity contribution in [2.45, 2.75) is 32.7 Å².